The van der Waals surface area contributed by atoms with Gasteiger partial charge in [0.2, 0.25) is 0 Å². The number of hydrogen-bond acceptors (Lipinski definition) is 1. The smallest absolute Gasteiger partial charge is 0.137 e. The standard InChI is InChI=1S/C53H34N2.C45H30.C42H26N2O/c1-2-16-40(17-3-1)54-48-23-10-9-21-45(48)47-31-34(26-28-50(47)54)35-25-27-46-44-20-8-11-24-49(44)55(52(46)32-35)51-33-39(30-36-13-4-6-18-41(36)51)43-22-12-15-38-29-37-14-5-7-19-42(37)53(38)43;1-2-11-28(12-3-1)44-37-17-8-6-15-34(37)36-23-21-30(26-43(36)44)29-22-24-40-41(25-29)35-16-7-9-18-38(35)45(40)39-20-10-19-33-32-14-5-4-13-31(32)27-42(33)39;1-2-10-29(11-3-1)43-37-15-7-4-12-31(37)33-21-18-28(25-40(33)43)27-19-23-39-36(24-27)32-13-5-8-16-38(32)44(39)30-20-22-35-34-14-6-9-17-41(34)45-42(35)26-30/h1-28,30-33H,29H2;1-26,44-45H,27H2;1-26H. The normalized spacial score (nSPS) is 13.5. The average Bonchev–Trinajstić information content (AvgIpc) is 1.58. The molecule has 2 unspecified atom stereocenters. The summed E-state index contributed by atoms with van der Waals surface area (Å²) >= 11 is 0. The maximum atomic E-state index is 6.28. The maximum Gasteiger partial charge on any atom is 0.137 e. The quantitative estimate of drug-likeness (QED) is 0.134. The molecule has 28 aromatic rings. The Morgan fingerprint density at radius 1 is 0.179 bits per heavy atom. The maximum absolute atomic E-state index is 6.28. The summed E-state index contributed by atoms with van der Waals surface area (Å²) < 4.78 is 15.9. The molecule has 0 bridgehead atoms. The molecule has 5 heteroatoms. The Bertz CT molecular complexity index is 10200. The van der Waals surface area contributed by atoms with Crippen molar-refractivity contribution in [3.05, 3.63) is 565 Å². The molecule has 5 nitrogen and oxygen atoms in total. The molecule has 0 aliphatic heterocycles. The van der Waals surface area contributed by atoms with Gasteiger partial charge in [-0.25, -0.2) is 0 Å². The number of hydrogen-bond donors (Lipinski definition) is 0. The van der Waals surface area contributed by atoms with Crippen molar-refractivity contribution in [2.45, 2.75) is 24.7 Å². The highest BCUT2D eigenvalue weighted by molar-refractivity contribution is 6.17. The van der Waals surface area contributed by atoms with Crippen LogP contribution in [-0.4, -0.2) is 18.3 Å². The number of nitrogens with zero attached hydrogens (tertiary/aromatic N) is 4. The van der Waals surface area contributed by atoms with Crippen LogP contribution in [0.15, 0.2) is 514 Å². The predicted molar refractivity (Wildman–Crippen MR) is 605 cm³/mol. The zero-order valence-corrected chi connectivity index (χ0v) is 79.3. The molecule has 2 atom stereocenters. The fraction of sp³-hybridized carbons (Fsp3) is 0.0286. The van der Waals surface area contributed by atoms with Crippen molar-refractivity contribution in [3.63, 3.8) is 0 Å². The number of benzene rings is 23. The van der Waals surface area contributed by atoms with Gasteiger partial charge < -0.3 is 22.7 Å². The van der Waals surface area contributed by atoms with Crippen LogP contribution in [0.5, 0.6) is 0 Å². The molecule has 0 fully saturated rings. The van der Waals surface area contributed by atoms with Crippen LogP contribution in [0.25, 0.3) is 232 Å². The molecule has 5 heterocycles. The monoisotopic (exact) mass is 1840 g/mol. The largest absolute Gasteiger partial charge is 0.456 e. The van der Waals surface area contributed by atoms with E-state index in [0.29, 0.717) is 0 Å². The van der Waals surface area contributed by atoms with Crippen molar-refractivity contribution < 1.29 is 4.42 Å². The summed E-state index contributed by atoms with van der Waals surface area (Å²) in [5.74, 6) is 0.493. The molecule has 32 rings (SSSR count). The first-order valence-electron chi connectivity index (χ1n) is 50.6. The van der Waals surface area contributed by atoms with Gasteiger partial charge in [0.15, 0.2) is 0 Å². The third-order valence-corrected chi connectivity index (χ3v) is 31.7. The fourth-order valence-electron chi connectivity index (χ4n) is 25.3. The number of aromatic nitrogens is 4. The Kier molecular flexibility index (Phi) is 18.7. The van der Waals surface area contributed by atoms with Gasteiger partial charge in [-0.05, 0) is 290 Å². The summed E-state index contributed by atoms with van der Waals surface area (Å²) in [4.78, 5) is 0. The lowest BCUT2D eigenvalue weighted by molar-refractivity contribution is 0.668. The van der Waals surface area contributed by atoms with Gasteiger partial charge in [-0.1, -0.05) is 376 Å². The zero-order chi connectivity index (χ0) is 95.0. The minimum atomic E-state index is 0.242. The van der Waals surface area contributed by atoms with Gasteiger partial charge in [0.05, 0.1) is 49.8 Å². The number of fused-ring (bicyclic) bond motifs is 28. The summed E-state index contributed by atoms with van der Waals surface area (Å²) in [6.45, 7) is 0. The lowest BCUT2D eigenvalue weighted by atomic mass is 9.84. The van der Waals surface area contributed by atoms with E-state index in [1.165, 1.54) is 260 Å². The van der Waals surface area contributed by atoms with Crippen molar-refractivity contribution >= 4 is 120 Å². The number of para-hydroxylation sites is 7. The van der Waals surface area contributed by atoms with Crippen molar-refractivity contribution in [2.75, 3.05) is 0 Å². The summed E-state index contributed by atoms with van der Waals surface area (Å²) in [5, 5.41) is 14.8. The van der Waals surface area contributed by atoms with E-state index in [1.54, 1.807) is 0 Å². The van der Waals surface area contributed by atoms with Gasteiger partial charge in [-0.3, -0.25) is 0 Å². The Balaban J connectivity index is 0.000000102. The van der Waals surface area contributed by atoms with Crippen molar-refractivity contribution in [2.24, 2.45) is 0 Å². The van der Waals surface area contributed by atoms with Gasteiger partial charge in [-0.2, -0.15) is 0 Å². The van der Waals surface area contributed by atoms with Crippen LogP contribution in [0.1, 0.15) is 67.5 Å². The average molecular weight is 1840 g/mol. The molecule has 5 aromatic heterocycles. The number of furan rings is 1. The van der Waals surface area contributed by atoms with E-state index in [-0.39, 0.29) is 11.8 Å². The molecule has 0 amide bonds. The molecule has 676 valence electrons. The molecule has 0 saturated carbocycles. The highest BCUT2D eigenvalue weighted by atomic mass is 16.3. The molecule has 4 aliphatic carbocycles. The van der Waals surface area contributed by atoms with Crippen molar-refractivity contribution in [1.82, 2.24) is 18.3 Å². The van der Waals surface area contributed by atoms with Crippen LogP contribution >= 0.6 is 0 Å². The Labute approximate surface area is 838 Å². The van der Waals surface area contributed by atoms with E-state index in [9.17, 15) is 0 Å². The molecule has 0 radical (unpaired) electrons. The first kappa shape index (κ1) is 82.2. The van der Waals surface area contributed by atoms with Crippen molar-refractivity contribution in [3.8, 4) is 112 Å². The molecule has 145 heavy (non-hydrogen) atoms. The third-order valence-electron chi connectivity index (χ3n) is 31.7. The summed E-state index contributed by atoms with van der Waals surface area (Å²) in [7, 11) is 0. The van der Waals surface area contributed by atoms with E-state index in [2.05, 4.69) is 516 Å². The Morgan fingerprint density at radius 3 is 1.26 bits per heavy atom. The summed E-state index contributed by atoms with van der Waals surface area (Å²) in [6, 6.07) is 188. The van der Waals surface area contributed by atoms with E-state index < -0.39 is 0 Å². The highest BCUT2D eigenvalue weighted by Gasteiger charge is 2.36. The second kappa shape index (κ2) is 33.0. The van der Waals surface area contributed by atoms with Gasteiger partial charge in [0.25, 0.3) is 0 Å². The summed E-state index contributed by atoms with van der Waals surface area (Å²) in [5.41, 5.74) is 51.1. The molecular weight excluding hydrogens is 1750 g/mol. The topological polar surface area (TPSA) is 32.9 Å². The lowest BCUT2D eigenvalue weighted by Gasteiger charge is -2.19. The second-order valence-electron chi connectivity index (χ2n) is 39.4. The molecular formula is C140H90N4O. The van der Waals surface area contributed by atoms with E-state index >= 15 is 0 Å². The van der Waals surface area contributed by atoms with Gasteiger partial charge >= 0.3 is 0 Å². The number of rotatable bonds is 10. The molecule has 0 spiro atoms. The first-order chi connectivity index (χ1) is 71.9. The van der Waals surface area contributed by atoms with Gasteiger partial charge in [0.1, 0.15) is 11.2 Å². The van der Waals surface area contributed by atoms with E-state index in [4.69, 9.17) is 4.42 Å². The third kappa shape index (κ3) is 13.0. The van der Waals surface area contributed by atoms with Crippen LogP contribution in [0, 0.1) is 0 Å². The van der Waals surface area contributed by atoms with Crippen LogP contribution in [0.2, 0.25) is 0 Å². The minimum absolute atomic E-state index is 0.242. The highest BCUT2D eigenvalue weighted by Crippen LogP contribution is 2.56. The zero-order valence-electron chi connectivity index (χ0n) is 79.3. The molecule has 23 aromatic carbocycles. The minimum Gasteiger partial charge on any atom is -0.456 e. The van der Waals surface area contributed by atoms with Gasteiger partial charge in [-0.15, -0.1) is 0 Å². The lowest BCUT2D eigenvalue weighted by Crippen LogP contribution is -2.03. The predicted octanol–water partition coefficient (Wildman–Crippen LogP) is 36.6. The molecule has 0 N–H and O–H groups in total. The van der Waals surface area contributed by atoms with Crippen LogP contribution in [-0.2, 0) is 12.8 Å². The van der Waals surface area contributed by atoms with Crippen molar-refractivity contribution in [1.29, 1.82) is 0 Å². The summed E-state index contributed by atoms with van der Waals surface area (Å²) in [6.07, 6.45) is 1.99. The van der Waals surface area contributed by atoms with Crippen LogP contribution < -0.4 is 0 Å². The van der Waals surface area contributed by atoms with Gasteiger partial charge in [0, 0.05) is 94.2 Å². The molecule has 0 saturated heterocycles. The fourth-order valence-corrected chi connectivity index (χ4v) is 25.3. The second-order valence-corrected chi connectivity index (χ2v) is 39.4. The van der Waals surface area contributed by atoms with Crippen LogP contribution in [0.4, 0.5) is 0 Å². The van der Waals surface area contributed by atoms with Crippen LogP contribution in [0.3, 0.4) is 0 Å². The first-order valence-corrected chi connectivity index (χ1v) is 50.6. The Morgan fingerprint density at radius 2 is 0.593 bits per heavy atom. The molecule has 4 aliphatic rings. The Hall–Kier alpha value is -18.7. The van der Waals surface area contributed by atoms with E-state index in [1.807, 2.05) is 12.1 Å². The van der Waals surface area contributed by atoms with E-state index in [0.717, 1.165) is 40.5 Å². The SMILES string of the molecule is c1ccc(-n2c3ccccc3c3cc(-c4ccc5c6ccccc6n(-c6cc(-c7cccc8c7-c7ccccc7C8)cc7ccccc67)c5c4)ccc32)cc1.c1ccc(-n2c3ccccc3c3ccc(-c4ccc5c(c4)c4ccccc4n5-c4ccc5c(c4)oc4ccccc45)cc32)cc1.c1ccc(C2c3ccccc3-c3ccc(-c4ccc5c(c4)-c4ccccc4C5c4cccc5c4Cc4ccccc4-5)cc32)cc1.